The fraction of sp³-hybridized carbons (Fsp3) is 0.750. The monoisotopic (exact) mass is 506 g/mol. The summed E-state index contributed by atoms with van der Waals surface area (Å²) >= 11 is 0. The predicted octanol–water partition coefficient (Wildman–Crippen LogP) is 2.97. The maximum atomic E-state index is 10.2. The summed E-state index contributed by atoms with van der Waals surface area (Å²) in [6.45, 7) is 0.0837. The van der Waals surface area contributed by atoms with Crippen LogP contribution in [0.1, 0.15) is 82.6 Å². The third-order valence-corrected chi connectivity index (χ3v) is 6.68. The summed E-state index contributed by atoms with van der Waals surface area (Å²) in [7, 11) is 1.48. The van der Waals surface area contributed by atoms with E-state index in [1.165, 1.54) is 49.8 Å². The van der Waals surface area contributed by atoms with Crippen LogP contribution in [0.3, 0.4) is 0 Å². The zero-order chi connectivity index (χ0) is 26.0. The van der Waals surface area contributed by atoms with Gasteiger partial charge in [-0.05, 0) is 43.7 Å². The largest absolute Gasteiger partial charge is 0.394 e. The number of aromatic nitrogens is 1. The number of aryl methyl sites for hydroxylation is 1. The van der Waals surface area contributed by atoms with Gasteiger partial charge in [0.25, 0.3) is 0 Å². The lowest BCUT2D eigenvalue weighted by atomic mass is 9.98. The van der Waals surface area contributed by atoms with E-state index in [0.717, 1.165) is 51.4 Å². The van der Waals surface area contributed by atoms with Gasteiger partial charge in [-0.2, -0.15) is 5.06 Å². The molecule has 1 aromatic heterocycles. The van der Waals surface area contributed by atoms with E-state index in [1.807, 2.05) is 18.5 Å². The summed E-state index contributed by atoms with van der Waals surface area (Å²) in [6, 6.07) is 4.11. The molecule has 1 aliphatic heterocycles. The Kier molecular flexibility index (Phi) is 15.9. The third-order valence-electron chi connectivity index (χ3n) is 6.68. The number of hydrogen-bond acceptors (Lipinski definition) is 8. The molecule has 0 saturated carbocycles. The summed E-state index contributed by atoms with van der Waals surface area (Å²) in [5, 5.41) is 40.9. The van der Waals surface area contributed by atoms with Crippen molar-refractivity contribution in [3.8, 4) is 11.8 Å². The van der Waals surface area contributed by atoms with Crippen molar-refractivity contribution in [2.45, 2.75) is 114 Å². The van der Waals surface area contributed by atoms with Crippen LogP contribution in [0.25, 0.3) is 0 Å². The molecule has 0 radical (unpaired) electrons. The Morgan fingerprint density at radius 2 is 1.53 bits per heavy atom. The quantitative estimate of drug-likeness (QED) is 0.145. The molecular weight excluding hydrogens is 460 g/mol. The number of aliphatic hydroxyl groups is 4. The minimum absolute atomic E-state index is 0.445. The lowest BCUT2D eigenvalue weighted by molar-refractivity contribution is -0.328. The van der Waals surface area contributed by atoms with E-state index >= 15 is 0 Å². The zero-order valence-electron chi connectivity index (χ0n) is 21.8. The van der Waals surface area contributed by atoms with Crippen LogP contribution < -0.4 is 0 Å². The van der Waals surface area contributed by atoms with Crippen molar-refractivity contribution in [3.05, 3.63) is 30.1 Å². The van der Waals surface area contributed by atoms with Crippen LogP contribution in [0, 0.1) is 11.8 Å². The Labute approximate surface area is 216 Å². The van der Waals surface area contributed by atoms with Crippen molar-refractivity contribution < 1.29 is 30.0 Å². The fourth-order valence-electron chi connectivity index (χ4n) is 4.45. The standard InChI is InChI=1S/C28H46N2O6/c1-35-30(28-27(34)26(33)25(32)24(22-31)36-28)20-15-13-11-9-7-5-3-2-4-6-8-10-12-14-17-23-18-16-19-29-21-23/h16,18-19,21,24-28,31-34H,2-5,7,9-15,17,20,22H2,1H3/t24?,25-,26-,27?,28+/m0/s1. The number of aliphatic hydroxyl groups excluding tert-OH is 4. The van der Waals surface area contributed by atoms with Gasteiger partial charge >= 0.3 is 0 Å². The smallest absolute Gasteiger partial charge is 0.162 e. The van der Waals surface area contributed by atoms with Crippen LogP contribution in [0.5, 0.6) is 0 Å². The lowest BCUT2D eigenvalue weighted by Crippen LogP contribution is -2.63. The molecule has 2 heterocycles. The first-order valence-electron chi connectivity index (χ1n) is 13.5. The van der Waals surface area contributed by atoms with Gasteiger partial charge in [-0.25, -0.2) is 0 Å². The normalized spacial score (nSPS) is 24.0. The Morgan fingerprint density at radius 1 is 0.889 bits per heavy atom. The molecule has 5 atom stereocenters. The van der Waals surface area contributed by atoms with Gasteiger partial charge in [0, 0.05) is 31.8 Å². The molecule has 0 amide bonds. The molecule has 0 spiro atoms. The van der Waals surface area contributed by atoms with E-state index in [0.29, 0.717) is 6.54 Å². The molecule has 8 heteroatoms. The van der Waals surface area contributed by atoms with Crippen molar-refractivity contribution in [2.75, 3.05) is 20.3 Å². The number of nitrogens with zero attached hydrogens (tertiary/aromatic N) is 2. The number of rotatable bonds is 17. The van der Waals surface area contributed by atoms with Crippen LogP contribution in [0.15, 0.2) is 24.5 Å². The van der Waals surface area contributed by atoms with E-state index in [4.69, 9.17) is 9.57 Å². The summed E-state index contributed by atoms with van der Waals surface area (Å²) < 4.78 is 5.55. The number of unbranched alkanes of at least 4 members (excludes halogenated alkanes) is 10. The average Bonchev–Trinajstić information content (AvgIpc) is 2.90. The van der Waals surface area contributed by atoms with Crippen LogP contribution in [-0.4, -0.2) is 81.4 Å². The first-order valence-corrected chi connectivity index (χ1v) is 13.5. The van der Waals surface area contributed by atoms with Gasteiger partial charge in [-0.1, -0.05) is 44.6 Å². The molecule has 1 fully saturated rings. The van der Waals surface area contributed by atoms with E-state index in [2.05, 4.69) is 22.9 Å². The highest BCUT2D eigenvalue weighted by Gasteiger charge is 2.45. The number of ether oxygens (including phenoxy) is 1. The van der Waals surface area contributed by atoms with Crippen LogP contribution in [0.2, 0.25) is 0 Å². The fourth-order valence-corrected chi connectivity index (χ4v) is 4.45. The Bertz CT molecular complexity index is 739. The topological polar surface area (TPSA) is 116 Å². The molecule has 1 aliphatic rings. The van der Waals surface area contributed by atoms with Gasteiger partial charge in [-0.15, -0.1) is 11.8 Å². The minimum atomic E-state index is -1.40. The van der Waals surface area contributed by atoms with Crippen molar-refractivity contribution in [1.29, 1.82) is 0 Å². The van der Waals surface area contributed by atoms with Gasteiger partial charge in [-0.3, -0.25) is 9.82 Å². The summed E-state index contributed by atoms with van der Waals surface area (Å²) in [5.74, 6) is 6.61. The highest BCUT2D eigenvalue weighted by Crippen LogP contribution is 2.24. The van der Waals surface area contributed by atoms with Crippen LogP contribution in [0.4, 0.5) is 0 Å². The van der Waals surface area contributed by atoms with Crippen molar-refractivity contribution in [1.82, 2.24) is 10.0 Å². The molecule has 0 aliphatic carbocycles. The number of pyridine rings is 1. The second kappa shape index (κ2) is 18.6. The molecule has 8 nitrogen and oxygen atoms in total. The first kappa shape index (κ1) is 30.7. The maximum absolute atomic E-state index is 10.2. The van der Waals surface area contributed by atoms with Gasteiger partial charge in [0.15, 0.2) is 6.23 Å². The SMILES string of the molecule is CON(CCCCCCCCCCC#CCCCCc1cccnc1)[C@@H]1OC(CO)[C@H](O)[C@H](O)C1O. The van der Waals surface area contributed by atoms with Gasteiger partial charge in [0.1, 0.15) is 24.4 Å². The molecule has 1 saturated heterocycles. The van der Waals surface area contributed by atoms with Crippen molar-refractivity contribution in [2.24, 2.45) is 0 Å². The van der Waals surface area contributed by atoms with Crippen molar-refractivity contribution in [3.63, 3.8) is 0 Å². The first-order chi connectivity index (χ1) is 17.6. The van der Waals surface area contributed by atoms with Crippen LogP contribution in [-0.2, 0) is 16.0 Å². The zero-order valence-corrected chi connectivity index (χ0v) is 21.8. The molecule has 4 N–H and O–H groups in total. The lowest BCUT2D eigenvalue weighted by Gasteiger charge is -2.43. The highest BCUT2D eigenvalue weighted by molar-refractivity contribution is 5.08. The summed E-state index contributed by atoms with van der Waals surface area (Å²) in [4.78, 5) is 9.48. The second-order valence-electron chi connectivity index (χ2n) is 9.54. The maximum Gasteiger partial charge on any atom is 0.162 e. The summed E-state index contributed by atoms with van der Waals surface area (Å²) in [5.41, 5.74) is 1.30. The van der Waals surface area contributed by atoms with E-state index in [-0.39, 0.29) is 0 Å². The molecule has 0 aromatic carbocycles. The molecule has 0 bridgehead atoms. The van der Waals surface area contributed by atoms with Gasteiger partial charge in [0.2, 0.25) is 0 Å². The molecule has 1 aromatic rings. The molecule has 204 valence electrons. The van der Waals surface area contributed by atoms with E-state index in [9.17, 15) is 20.4 Å². The number of hydrogen-bond donors (Lipinski definition) is 4. The minimum Gasteiger partial charge on any atom is -0.394 e. The van der Waals surface area contributed by atoms with Crippen molar-refractivity contribution >= 4 is 0 Å². The molecule has 36 heavy (non-hydrogen) atoms. The van der Waals surface area contributed by atoms with E-state index in [1.54, 1.807) is 0 Å². The molecule has 2 unspecified atom stereocenters. The Morgan fingerprint density at radius 3 is 2.14 bits per heavy atom. The third kappa shape index (κ3) is 11.2. The second-order valence-corrected chi connectivity index (χ2v) is 9.54. The number of hydroxylamine groups is 2. The van der Waals surface area contributed by atoms with Gasteiger partial charge in [0.05, 0.1) is 13.7 Å². The molecular formula is C28H46N2O6. The van der Waals surface area contributed by atoms with Gasteiger partial charge < -0.3 is 25.2 Å². The van der Waals surface area contributed by atoms with E-state index < -0.39 is 37.3 Å². The van der Waals surface area contributed by atoms with Crippen LogP contribution >= 0.6 is 0 Å². The Balaban J connectivity index is 1.43. The summed E-state index contributed by atoms with van der Waals surface area (Å²) in [6.07, 6.45) is 12.3. The Hall–Kier alpha value is -1.57. The predicted molar refractivity (Wildman–Crippen MR) is 139 cm³/mol. The molecule has 2 rings (SSSR count). The highest BCUT2D eigenvalue weighted by atomic mass is 16.7. The average molecular weight is 507 g/mol.